The van der Waals surface area contributed by atoms with Gasteiger partial charge >= 0.3 is 0 Å². The number of nitrogens with zero attached hydrogens (tertiary/aromatic N) is 1. The number of carbonyl (C=O) groups excluding carboxylic acids is 1. The third-order valence-corrected chi connectivity index (χ3v) is 4.87. The summed E-state index contributed by atoms with van der Waals surface area (Å²) in [4.78, 5) is 14.7. The summed E-state index contributed by atoms with van der Waals surface area (Å²) in [7, 11) is 0. The summed E-state index contributed by atoms with van der Waals surface area (Å²) in [6.45, 7) is 8.43. The Morgan fingerprint density at radius 3 is 2.80 bits per heavy atom. The van der Waals surface area contributed by atoms with Crippen LogP contribution < -0.4 is 5.32 Å². The standard InChI is InChI=1S/C16H23BrN2O/c1-12(11-19-8-3-4-9-19)10-18-16(20)14-7-5-6-13(2)15(14)17/h5-7,12H,3-4,8-11H2,1-2H3,(H,18,20). The minimum Gasteiger partial charge on any atom is -0.352 e. The van der Waals surface area contributed by atoms with Crippen molar-refractivity contribution in [3.63, 3.8) is 0 Å². The van der Waals surface area contributed by atoms with E-state index in [2.05, 4.69) is 33.1 Å². The molecule has 0 bridgehead atoms. The van der Waals surface area contributed by atoms with Gasteiger partial charge < -0.3 is 10.2 Å². The number of hydrogen-bond donors (Lipinski definition) is 1. The zero-order chi connectivity index (χ0) is 14.5. The summed E-state index contributed by atoms with van der Waals surface area (Å²) in [5.41, 5.74) is 1.81. The van der Waals surface area contributed by atoms with Crippen molar-refractivity contribution in [2.45, 2.75) is 26.7 Å². The SMILES string of the molecule is Cc1cccc(C(=O)NCC(C)CN2CCCC2)c1Br. The third kappa shape index (κ3) is 4.06. The van der Waals surface area contributed by atoms with Crippen molar-refractivity contribution in [3.05, 3.63) is 33.8 Å². The second-order valence-corrected chi connectivity index (χ2v) is 6.55. The van der Waals surface area contributed by atoms with E-state index in [9.17, 15) is 4.79 Å². The number of halogens is 1. The molecule has 110 valence electrons. The van der Waals surface area contributed by atoms with E-state index in [1.54, 1.807) is 0 Å². The molecule has 0 saturated carbocycles. The van der Waals surface area contributed by atoms with Crippen molar-refractivity contribution >= 4 is 21.8 Å². The lowest BCUT2D eigenvalue weighted by atomic mass is 10.1. The lowest BCUT2D eigenvalue weighted by Gasteiger charge is -2.20. The van der Waals surface area contributed by atoms with E-state index in [0.717, 1.165) is 28.7 Å². The fourth-order valence-electron chi connectivity index (χ4n) is 2.66. The van der Waals surface area contributed by atoms with Gasteiger partial charge in [-0.2, -0.15) is 0 Å². The molecule has 0 spiro atoms. The highest BCUT2D eigenvalue weighted by Crippen LogP contribution is 2.20. The van der Waals surface area contributed by atoms with Crippen molar-refractivity contribution in [3.8, 4) is 0 Å². The number of benzene rings is 1. The molecule has 1 amide bonds. The van der Waals surface area contributed by atoms with E-state index >= 15 is 0 Å². The van der Waals surface area contributed by atoms with E-state index in [1.165, 1.54) is 25.9 Å². The van der Waals surface area contributed by atoms with Crippen molar-refractivity contribution < 1.29 is 4.79 Å². The first-order valence-electron chi connectivity index (χ1n) is 7.33. The number of amides is 1. The highest BCUT2D eigenvalue weighted by Gasteiger charge is 2.16. The highest BCUT2D eigenvalue weighted by atomic mass is 79.9. The van der Waals surface area contributed by atoms with E-state index in [1.807, 2.05) is 25.1 Å². The van der Waals surface area contributed by atoms with Crippen molar-refractivity contribution in [1.29, 1.82) is 0 Å². The highest BCUT2D eigenvalue weighted by molar-refractivity contribution is 9.10. The summed E-state index contributed by atoms with van der Waals surface area (Å²) in [6, 6.07) is 5.77. The minimum atomic E-state index is 0.00819. The predicted molar refractivity (Wildman–Crippen MR) is 86.1 cm³/mol. The lowest BCUT2D eigenvalue weighted by molar-refractivity contribution is 0.0944. The maximum Gasteiger partial charge on any atom is 0.252 e. The van der Waals surface area contributed by atoms with Crippen LogP contribution in [0.15, 0.2) is 22.7 Å². The number of carbonyl (C=O) groups is 1. The third-order valence-electron chi connectivity index (χ3n) is 3.82. The molecule has 0 aliphatic carbocycles. The molecule has 4 heteroatoms. The van der Waals surface area contributed by atoms with Crippen LogP contribution in [0.4, 0.5) is 0 Å². The van der Waals surface area contributed by atoms with Crippen LogP contribution in [-0.2, 0) is 0 Å². The first-order chi connectivity index (χ1) is 9.58. The number of rotatable bonds is 5. The summed E-state index contributed by atoms with van der Waals surface area (Å²) in [6.07, 6.45) is 2.63. The zero-order valence-corrected chi connectivity index (χ0v) is 13.9. The van der Waals surface area contributed by atoms with Crippen LogP contribution in [0.2, 0.25) is 0 Å². The van der Waals surface area contributed by atoms with E-state index in [4.69, 9.17) is 0 Å². The maximum absolute atomic E-state index is 12.2. The van der Waals surface area contributed by atoms with Crippen molar-refractivity contribution in [2.24, 2.45) is 5.92 Å². The van der Waals surface area contributed by atoms with Crippen LogP contribution >= 0.6 is 15.9 Å². The van der Waals surface area contributed by atoms with Crippen LogP contribution in [0.3, 0.4) is 0 Å². The van der Waals surface area contributed by atoms with Crippen LogP contribution in [0.1, 0.15) is 35.7 Å². The largest absolute Gasteiger partial charge is 0.352 e. The van der Waals surface area contributed by atoms with Crippen molar-refractivity contribution in [1.82, 2.24) is 10.2 Å². The molecule has 1 atom stereocenters. The fraction of sp³-hybridized carbons (Fsp3) is 0.562. The van der Waals surface area contributed by atoms with Gasteiger partial charge in [-0.3, -0.25) is 4.79 Å². The van der Waals surface area contributed by atoms with Gasteiger partial charge in [0.2, 0.25) is 0 Å². The van der Waals surface area contributed by atoms with Gasteiger partial charge in [-0.25, -0.2) is 0 Å². The monoisotopic (exact) mass is 338 g/mol. The second-order valence-electron chi connectivity index (χ2n) is 5.76. The van der Waals surface area contributed by atoms with Gasteiger partial charge in [0, 0.05) is 17.6 Å². The van der Waals surface area contributed by atoms with E-state index in [-0.39, 0.29) is 5.91 Å². The smallest absolute Gasteiger partial charge is 0.252 e. The second kappa shape index (κ2) is 7.23. The molecule has 1 aromatic carbocycles. The molecule has 1 unspecified atom stereocenters. The first kappa shape index (κ1) is 15.5. The first-order valence-corrected chi connectivity index (χ1v) is 8.13. The topological polar surface area (TPSA) is 32.3 Å². The Hall–Kier alpha value is -0.870. The maximum atomic E-state index is 12.2. The van der Waals surface area contributed by atoms with Crippen LogP contribution in [0.25, 0.3) is 0 Å². The van der Waals surface area contributed by atoms with Gasteiger partial charge in [0.05, 0.1) is 5.56 Å². The number of hydrogen-bond acceptors (Lipinski definition) is 2. The van der Waals surface area contributed by atoms with Gasteiger partial charge in [0.1, 0.15) is 0 Å². The molecule has 2 rings (SSSR count). The molecule has 1 heterocycles. The minimum absolute atomic E-state index is 0.00819. The van der Waals surface area contributed by atoms with Gasteiger partial charge in [-0.05, 0) is 66.3 Å². The average Bonchev–Trinajstić information content (AvgIpc) is 2.92. The predicted octanol–water partition coefficient (Wildman–Crippen LogP) is 3.22. The summed E-state index contributed by atoms with van der Waals surface area (Å²) >= 11 is 3.49. The molecule has 3 nitrogen and oxygen atoms in total. The van der Waals surface area contributed by atoms with Gasteiger partial charge in [0.15, 0.2) is 0 Å². The molecule has 1 aromatic rings. The van der Waals surface area contributed by atoms with Gasteiger partial charge in [0.25, 0.3) is 5.91 Å². The Labute approximate surface area is 129 Å². The normalized spacial score (nSPS) is 17.1. The van der Waals surface area contributed by atoms with E-state index in [0.29, 0.717) is 5.92 Å². The molecule has 1 saturated heterocycles. The Morgan fingerprint density at radius 2 is 2.10 bits per heavy atom. The molecule has 20 heavy (non-hydrogen) atoms. The quantitative estimate of drug-likeness (QED) is 0.893. The molecule has 0 aromatic heterocycles. The summed E-state index contributed by atoms with van der Waals surface area (Å²) in [5, 5.41) is 3.05. The average molecular weight is 339 g/mol. The molecular weight excluding hydrogens is 316 g/mol. The molecule has 1 fully saturated rings. The fourth-order valence-corrected chi connectivity index (χ4v) is 3.10. The Morgan fingerprint density at radius 1 is 1.40 bits per heavy atom. The van der Waals surface area contributed by atoms with E-state index < -0.39 is 0 Å². The van der Waals surface area contributed by atoms with Gasteiger partial charge in [-0.15, -0.1) is 0 Å². The van der Waals surface area contributed by atoms with Crippen LogP contribution in [0.5, 0.6) is 0 Å². The summed E-state index contributed by atoms with van der Waals surface area (Å²) < 4.78 is 0.893. The van der Waals surface area contributed by atoms with Gasteiger partial charge in [-0.1, -0.05) is 19.1 Å². The lowest BCUT2D eigenvalue weighted by Crippen LogP contribution is -2.34. The zero-order valence-electron chi connectivity index (χ0n) is 12.3. The number of likely N-dealkylation sites (tertiary alicyclic amines) is 1. The molecule has 0 radical (unpaired) electrons. The molecule has 1 aliphatic heterocycles. The van der Waals surface area contributed by atoms with Crippen LogP contribution in [0, 0.1) is 12.8 Å². The number of nitrogens with one attached hydrogen (secondary N) is 1. The Balaban J connectivity index is 1.83. The Bertz CT molecular complexity index is 470. The molecular formula is C16H23BrN2O. The molecule has 1 aliphatic rings. The molecule has 1 N–H and O–H groups in total. The Kier molecular flexibility index (Phi) is 5.61. The number of aryl methyl sites for hydroxylation is 1. The van der Waals surface area contributed by atoms with Crippen molar-refractivity contribution in [2.75, 3.05) is 26.2 Å². The summed E-state index contributed by atoms with van der Waals surface area (Å²) in [5.74, 6) is 0.495. The van der Waals surface area contributed by atoms with Crippen LogP contribution in [-0.4, -0.2) is 37.0 Å².